The molecule has 116 valence electrons. The number of carbonyl (C=O) groups excluding carboxylic acids is 1. The van der Waals surface area contributed by atoms with Crippen LogP contribution in [0.15, 0.2) is 17.2 Å². The van der Waals surface area contributed by atoms with Crippen LogP contribution in [-0.4, -0.2) is 67.9 Å². The number of carbonyl (C=O) groups is 1. The second-order valence-corrected chi connectivity index (χ2v) is 7.20. The quantitative estimate of drug-likeness (QED) is 0.868. The number of hydrogen-bond donors (Lipinski definition) is 1. The van der Waals surface area contributed by atoms with Crippen LogP contribution in [0.4, 0.5) is 0 Å². The van der Waals surface area contributed by atoms with Crippen molar-refractivity contribution < 1.29 is 17.9 Å². The van der Waals surface area contributed by atoms with Crippen LogP contribution >= 0.6 is 0 Å². The number of nitrogens with zero attached hydrogens (tertiary/aromatic N) is 2. The van der Waals surface area contributed by atoms with Crippen molar-refractivity contribution >= 4 is 15.9 Å². The highest BCUT2D eigenvalue weighted by atomic mass is 32.2. The molecular weight excluding hydrogens is 294 g/mol. The van der Waals surface area contributed by atoms with Gasteiger partial charge in [-0.3, -0.25) is 4.79 Å². The minimum atomic E-state index is -3.48. The molecule has 21 heavy (non-hydrogen) atoms. The molecular formula is C13H19N3O4S. The number of aromatic amines is 1. The van der Waals surface area contributed by atoms with Crippen molar-refractivity contribution in [3.8, 4) is 0 Å². The molecule has 7 nitrogen and oxygen atoms in total. The number of H-pyrrole nitrogens is 1. The van der Waals surface area contributed by atoms with Crippen molar-refractivity contribution in [3.63, 3.8) is 0 Å². The van der Waals surface area contributed by atoms with Gasteiger partial charge in [-0.2, -0.15) is 4.31 Å². The van der Waals surface area contributed by atoms with Gasteiger partial charge < -0.3 is 14.6 Å². The molecule has 2 aliphatic heterocycles. The summed E-state index contributed by atoms with van der Waals surface area (Å²) in [5.41, 5.74) is 0.315. The number of amides is 1. The number of morpholine rings is 1. The van der Waals surface area contributed by atoms with Gasteiger partial charge in [0.2, 0.25) is 10.0 Å². The molecule has 3 rings (SSSR count). The van der Waals surface area contributed by atoms with Gasteiger partial charge in [-0.25, -0.2) is 8.42 Å². The van der Waals surface area contributed by atoms with Crippen molar-refractivity contribution in [2.45, 2.75) is 17.7 Å². The summed E-state index contributed by atoms with van der Waals surface area (Å²) in [5, 5.41) is 0. The van der Waals surface area contributed by atoms with Gasteiger partial charge in [-0.1, -0.05) is 0 Å². The number of hydrogen-bond acceptors (Lipinski definition) is 4. The van der Waals surface area contributed by atoms with Crippen LogP contribution in [0.5, 0.6) is 0 Å². The lowest BCUT2D eigenvalue weighted by Gasteiger charge is -2.26. The fraction of sp³-hybridized carbons (Fsp3) is 0.615. The first-order chi connectivity index (χ1) is 10.1. The number of ether oxygens (including phenoxy) is 1. The Bertz CT molecular complexity index is 613. The third-order valence-corrected chi connectivity index (χ3v) is 5.76. The minimum Gasteiger partial charge on any atom is -0.378 e. The fourth-order valence-corrected chi connectivity index (χ4v) is 4.17. The highest BCUT2D eigenvalue weighted by molar-refractivity contribution is 7.89. The molecule has 2 saturated heterocycles. The average molecular weight is 313 g/mol. The lowest BCUT2D eigenvalue weighted by atomic mass is 10.3. The van der Waals surface area contributed by atoms with Crippen LogP contribution in [0.2, 0.25) is 0 Å². The summed E-state index contributed by atoms with van der Waals surface area (Å²) in [6, 6.07) is 1.44. The second-order valence-electron chi connectivity index (χ2n) is 5.26. The molecule has 0 bridgehead atoms. The van der Waals surface area contributed by atoms with E-state index in [9.17, 15) is 13.2 Å². The van der Waals surface area contributed by atoms with Crippen molar-refractivity contribution in [1.29, 1.82) is 0 Å². The Hall–Kier alpha value is -1.38. The van der Waals surface area contributed by atoms with Crippen molar-refractivity contribution in [1.82, 2.24) is 14.2 Å². The lowest BCUT2D eigenvalue weighted by Crippen LogP contribution is -2.40. The number of aromatic nitrogens is 1. The van der Waals surface area contributed by atoms with Crippen LogP contribution in [0.1, 0.15) is 23.3 Å². The number of rotatable bonds is 3. The molecule has 1 N–H and O–H groups in total. The van der Waals surface area contributed by atoms with Gasteiger partial charge in [0.1, 0.15) is 10.6 Å². The minimum absolute atomic E-state index is 0.168. The van der Waals surface area contributed by atoms with E-state index >= 15 is 0 Å². The lowest BCUT2D eigenvalue weighted by molar-refractivity contribution is 0.0299. The molecule has 0 unspecified atom stereocenters. The molecule has 0 aromatic carbocycles. The third-order valence-electron chi connectivity index (χ3n) is 3.89. The van der Waals surface area contributed by atoms with E-state index in [1.165, 1.54) is 16.6 Å². The van der Waals surface area contributed by atoms with Crippen LogP contribution in [0.25, 0.3) is 0 Å². The predicted octanol–water partition coefficient (Wildman–Crippen LogP) is 0.272. The maximum absolute atomic E-state index is 12.4. The topological polar surface area (TPSA) is 82.7 Å². The Morgan fingerprint density at radius 3 is 2.48 bits per heavy atom. The number of sulfonamides is 1. The van der Waals surface area contributed by atoms with Crippen molar-refractivity contribution in [2.24, 2.45) is 0 Å². The molecule has 1 amide bonds. The molecule has 3 heterocycles. The van der Waals surface area contributed by atoms with Gasteiger partial charge in [0, 0.05) is 32.4 Å². The molecule has 0 aliphatic carbocycles. The van der Waals surface area contributed by atoms with Crippen LogP contribution in [-0.2, 0) is 14.8 Å². The third kappa shape index (κ3) is 2.83. The van der Waals surface area contributed by atoms with E-state index in [4.69, 9.17) is 4.74 Å². The van der Waals surface area contributed by atoms with E-state index < -0.39 is 10.0 Å². The SMILES string of the molecule is O=C(c1cc(S(=O)(=O)N2CCCC2)c[nH]1)N1CCOCC1. The zero-order chi connectivity index (χ0) is 14.9. The molecule has 8 heteroatoms. The first kappa shape index (κ1) is 14.6. The zero-order valence-corrected chi connectivity index (χ0v) is 12.6. The fourth-order valence-electron chi connectivity index (χ4n) is 2.66. The predicted molar refractivity (Wildman–Crippen MR) is 75.5 cm³/mol. The first-order valence-electron chi connectivity index (χ1n) is 7.14. The summed E-state index contributed by atoms with van der Waals surface area (Å²) in [4.78, 5) is 16.9. The molecule has 2 aliphatic rings. The molecule has 0 atom stereocenters. The largest absolute Gasteiger partial charge is 0.378 e. The van der Waals surface area contributed by atoms with Crippen LogP contribution in [0.3, 0.4) is 0 Å². The first-order valence-corrected chi connectivity index (χ1v) is 8.58. The highest BCUT2D eigenvalue weighted by Gasteiger charge is 2.29. The van der Waals surface area contributed by atoms with Gasteiger partial charge in [0.15, 0.2) is 0 Å². The van der Waals surface area contributed by atoms with Crippen molar-refractivity contribution in [3.05, 3.63) is 18.0 Å². The summed E-state index contributed by atoms with van der Waals surface area (Å²) in [5.74, 6) is -0.179. The van der Waals surface area contributed by atoms with Gasteiger partial charge >= 0.3 is 0 Å². The Morgan fingerprint density at radius 1 is 1.14 bits per heavy atom. The highest BCUT2D eigenvalue weighted by Crippen LogP contribution is 2.21. The Kier molecular flexibility index (Phi) is 4.01. The molecule has 2 fully saturated rings. The summed E-state index contributed by atoms with van der Waals surface area (Å²) in [7, 11) is -3.48. The van der Waals surface area contributed by atoms with Gasteiger partial charge in [-0.05, 0) is 18.9 Å². The van der Waals surface area contributed by atoms with Crippen LogP contribution in [0, 0.1) is 0 Å². The van der Waals surface area contributed by atoms with Crippen LogP contribution < -0.4 is 0 Å². The van der Waals surface area contributed by atoms with Gasteiger partial charge in [-0.15, -0.1) is 0 Å². The summed E-state index contributed by atoms with van der Waals surface area (Å²) in [6.07, 6.45) is 3.19. The van der Waals surface area contributed by atoms with E-state index in [0.717, 1.165) is 12.8 Å². The average Bonchev–Trinajstić information content (AvgIpc) is 3.19. The van der Waals surface area contributed by atoms with E-state index in [1.807, 2.05) is 0 Å². The van der Waals surface area contributed by atoms with Gasteiger partial charge in [0.25, 0.3) is 5.91 Å². The number of nitrogens with one attached hydrogen (secondary N) is 1. The molecule has 1 aromatic heterocycles. The molecule has 0 spiro atoms. The Labute approximate surface area is 123 Å². The monoisotopic (exact) mass is 313 g/mol. The summed E-state index contributed by atoms with van der Waals surface area (Å²) in [6.45, 7) is 3.22. The summed E-state index contributed by atoms with van der Waals surface area (Å²) < 4.78 is 31.5. The van der Waals surface area contributed by atoms with E-state index in [0.29, 0.717) is 45.1 Å². The molecule has 0 radical (unpaired) electrons. The Balaban J connectivity index is 1.78. The standard InChI is InChI=1S/C13H19N3O4S/c17-13(15-5-7-20-8-6-15)12-9-11(10-14-12)21(18,19)16-3-1-2-4-16/h9-10,14H,1-8H2. The van der Waals surface area contributed by atoms with E-state index in [2.05, 4.69) is 4.98 Å². The maximum Gasteiger partial charge on any atom is 0.270 e. The maximum atomic E-state index is 12.4. The molecule has 1 aromatic rings. The Morgan fingerprint density at radius 2 is 1.81 bits per heavy atom. The van der Waals surface area contributed by atoms with E-state index in [1.54, 1.807) is 4.90 Å². The normalized spacial score (nSPS) is 20.9. The smallest absolute Gasteiger partial charge is 0.270 e. The second kappa shape index (κ2) is 5.78. The summed E-state index contributed by atoms with van der Waals surface area (Å²) >= 11 is 0. The zero-order valence-electron chi connectivity index (χ0n) is 11.7. The van der Waals surface area contributed by atoms with Crippen molar-refractivity contribution in [2.75, 3.05) is 39.4 Å². The van der Waals surface area contributed by atoms with Gasteiger partial charge in [0.05, 0.1) is 13.2 Å². The van der Waals surface area contributed by atoms with E-state index in [-0.39, 0.29) is 10.8 Å². The molecule has 0 saturated carbocycles.